The second-order valence-electron chi connectivity index (χ2n) is 3.96. The van der Waals surface area contributed by atoms with Crippen LogP contribution in [0.4, 0.5) is 11.4 Å². The number of methoxy groups -OCH3 is 1. The molecule has 0 saturated heterocycles. The van der Waals surface area contributed by atoms with Crippen LogP contribution in [0.15, 0.2) is 42.5 Å². The third-order valence-corrected chi connectivity index (χ3v) is 2.62. The lowest BCUT2D eigenvalue weighted by Gasteiger charge is -2.09. The Morgan fingerprint density at radius 2 is 2.05 bits per heavy atom. The summed E-state index contributed by atoms with van der Waals surface area (Å²) in [4.78, 5) is 12.0. The number of nitrogens with one attached hydrogen (secondary N) is 1. The van der Waals surface area contributed by atoms with E-state index in [1.54, 1.807) is 37.4 Å². The molecule has 0 bridgehead atoms. The maximum atomic E-state index is 12.0. The maximum Gasteiger partial charge on any atom is 0.255 e. The van der Waals surface area contributed by atoms with Crippen molar-refractivity contribution >= 4 is 17.3 Å². The smallest absolute Gasteiger partial charge is 0.255 e. The van der Waals surface area contributed by atoms with Crippen LogP contribution in [0.25, 0.3) is 0 Å². The van der Waals surface area contributed by atoms with Gasteiger partial charge in [0.15, 0.2) is 0 Å². The average Bonchev–Trinajstić information content (AvgIpc) is 2.41. The second kappa shape index (κ2) is 5.30. The summed E-state index contributed by atoms with van der Waals surface area (Å²) in [7, 11) is 1.54. The van der Waals surface area contributed by atoms with Gasteiger partial charge in [-0.3, -0.25) is 4.79 Å². The van der Waals surface area contributed by atoms with Gasteiger partial charge < -0.3 is 20.9 Å². The summed E-state index contributed by atoms with van der Waals surface area (Å²) in [6.45, 7) is 0. The van der Waals surface area contributed by atoms with Crippen LogP contribution in [0.2, 0.25) is 0 Å². The lowest BCUT2D eigenvalue weighted by atomic mass is 10.2. The molecule has 0 aliphatic heterocycles. The molecule has 0 radical (unpaired) electrons. The Hall–Kier alpha value is -2.69. The van der Waals surface area contributed by atoms with Crippen LogP contribution in [0, 0.1) is 0 Å². The van der Waals surface area contributed by atoms with Gasteiger partial charge in [-0.1, -0.05) is 6.07 Å². The topological polar surface area (TPSA) is 84.6 Å². The monoisotopic (exact) mass is 258 g/mol. The minimum absolute atomic E-state index is 0.0374. The molecular weight excluding hydrogens is 244 g/mol. The van der Waals surface area contributed by atoms with E-state index in [-0.39, 0.29) is 11.7 Å². The van der Waals surface area contributed by atoms with Crippen LogP contribution in [-0.2, 0) is 0 Å². The summed E-state index contributed by atoms with van der Waals surface area (Å²) in [5.41, 5.74) is 7.07. The molecule has 0 atom stereocenters. The first kappa shape index (κ1) is 12.8. The average molecular weight is 258 g/mol. The summed E-state index contributed by atoms with van der Waals surface area (Å²) in [6, 6.07) is 11.1. The Bertz CT molecular complexity index is 611. The highest BCUT2D eigenvalue weighted by atomic mass is 16.5. The van der Waals surface area contributed by atoms with Crippen molar-refractivity contribution in [2.45, 2.75) is 0 Å². The molecule has 0 spiro atoms. The fourth-order valence-corrected chi connectivity index (χ4v) is 1.62. The Balaban J connectivity index is 2.19. The van der Waals surface area contributed by atoms with E-state index >= 15 is 0 Å². The molecule has 4 N–H and O–H groups in total. The van der Waals surface area contributed by atoms with Crippen molar-refractivity contribution in [1.29, 1.82) is 0 Å². The number of ether oxygens (including phenoxy) is 1. The largest absolute Gasteiger partial charge is 0.508 e. The molecule has 98 valence electrons. The minimum Gasteiger partial charge on any atom is -0.508 e. The highest BCUT2D eigenvalue weighted by molar-refractivity contribution is 6.06. The van der Waals surface area contributed by atoms with Gasteiger partial charge in [0.25, 0.3) is 5.91 Å². The van der Waals surface area contributed by atoms with Crippen molar-refractivity contribution in [1.82, 2.24) is 0 Å². The predicted octanol–water partition coefficient (Wildman–Crippen LogP) is 2.24. The van der Waals surface area contributed by atoms with Gasteiger partial charge in [0.05, 0.1) is 18.5 Å². The zero-order valence-corrected chi connectivity index (χ0v) is 10.4. The number of aromatic hydroxyl groups is 1. The van der Waals surface area contributed by atoms with Crippen LogP contribution in [-0.4, -0.2) is 18.1 Å². The summed E-state index contributed by atoms with van der Waals surface area (Å²) < 4.78 is 5.03. The number of hydrogen-bond acceptors (Lipinski definition) is 4. The predicted molar refractivity (Wildman–Crippen MR) is 73.5 cm³/mol. The molecule has 19 heavy (non-hydrogen) atoms. The molecule has 5 nitrogen and oxygen atoms in total. The molecular formula is C14H14N2O3. The van der Waals surface area contributed by atoms with Gasteiger partial charge in [-0.25, -0.2) is 0 Å². The van der Waals surface area contributed by atoms with Crippen LogP contribution in [0.3, 0.4) is 0 Å². The number of rotatable bonds is 3. The first-order chi connectivity index (χ1) is 9.10. The van der Waals surface area contributed by atoms with E-state index in [4.69, 9.17) is 10.5 Å². The number of nitrogens with two attached hydrogens (primary N) is 1. The maximum absolute atomic E-state index is 12.0. The summed E-state index contributed by atoms with van der Waals surface area (Å²) in [5.74, 6) is 0.316. The van der Waals surface area contributed by atoms with E-state index in [2.05, 4.69) is 5.32 Å². The Kier molecular flexibility index (Phi) is 3.56. The molecule has 0 aromatic heterocycles. The molecule has 5 heteroatoms. The van der Waals surface area contributed by atoms with Gasteiger partial charge >= 0.3 is 0 Å². The van der Waals surface area contributed by atoms with E-state index in [1.807, 2.05) is 0 Å². The van der Waals surface area contributed by atoms with Gasteiger partial charge in [0.2, 0.25) is 0 Å². The van der Waals surface area contributed by atoms with Crippen molar-refractivity contribution < 1.29 is 14.6 Å². The third-order valence-electron chi connectivity index (χ3n) is 2.62. The number of hydrogen-bond donors (Lipinski definition) is 3. The second-order valence-corrected chi connectivity index (χ2v) is 3.96. The molecule has 2 rings (SSSR count). The summed E-state index contributed by atoms with van der Waals surface area (Å²) in [6.07, 6.45) is 0. The van der Waals surface area contributed by atoms with Gasteiger partial charge in [0, 0.05) is 11.6 Å². The minimum atomic E-state index is -0.340. The Morgan fingerprint density at radius 1 is 1.26 bits per heavy atom. The normalized spacial score (nSPS) is 9.95. The first-order valence-corrected chi connectivity index (χ1v) is 5.64. The highest BCUT2D eigenvalue weighted by Gasteiger charge is 2.09. The number of anilines is 2. The lowest BCUT2D eigenvalue weighted by molar-refractivity contribution is 0.102. The standard InChI is InChI=1S/C14H14N2O3/c1-19-11-5-6-13(12(15)8-11)16-14(18)9-3-2-4-10(17)7-9/h2-8,17H,15H2,1H3,(H,16,18). The van der Waals surface area contributed by atoms with E-state index < -0.39 is 0 Å². The van der Waals surface area contributed by atoms with Crippen LogP contribution >= 0.6 is 0 Å². The molecule has 0 heterocycles. The fourth-order valence-electron chi connectivity index (χ4n) is 1.62. The number of benzene rings is 2. The van der Waals surface area contributed by atoms with Gasteiger partial charge in [-0.15, -0.1) is 0 Å². The number of nitrogen functional groups attached to an aromatic ring is 1. The molecule has 0 aliphatic rings. The van der Waals surface area contributed by atoms with Gasteiger partial charge in [-0.05, 0) is 30.3 Å². The summed E-state index contributed by atoms with van der Waals surface area (Å²) in [5, 5.41) is 12.0. The number of carbonyl (C=O) groups is 1. The molecule has 2 aromatic rings. The van der Waals surface area contributed by atoms with E-state index in [1.165, 1.54) is 12.1 Å². The Labute approximate surface area is 110 Å². The number of amides is 1. The van der Waals surface area contributed by atoms with Crippen LogP contribution < -0.4 is 15.8 Å². The Morgan fingerprint density at radius 3 is 2.68 bits per heavy atom. The van der Waals surface area contributed by atoms with Crippen LogP contribution in [0.1, 0.15) is 10.4 Å². The van der Waals surface area contributed by atoms with Crippen LogP contribution in [0.5, 0.6) is 11.5 Å². The van der Waals surface area contributed by atoms with Gasteiger partial charge in [0.1, 0.15) is 11.5 Å². The van der Waals surface area contributed by atoms with E-state index in [9.17, 15) is 9.90 Å². The van der Waals surface area contributed by atoms with Gasteiger partial charge in [-0.2, -0.15) is 0 Å². The third kappa shape index (κ3) is 2.95. The SMILES string of the molecule is COc1ccc(NC(=O)c2cccc(O)c2)c(N)c1. The van der Waals surface area contributed by atoms with Crippen molar-refractivity contribution in [3.8, 4) is 11.5 Å². The molecule has 0 saturated carbocycles. The van der Waals surface area contributed by atoms with Crippen molar-refractivity contribution in [3.05, 3.63) is 48.0 Å². The molecule has 2 aromatic carbocycles. The summed E-state index contributed by atoms with van der Waals surface area (Å²) >= 11 is 0. The number of phenolic OH excluding ortho intramolecular Hbond substituents is 1. The van der Waals surface area contributed by atoms with E-state index in [0.717, 1.165) is 0 Å². The quantitative estimate of drug-likeness (QED) is 0.737. The molecule has 0 aliphatic carbocycles. The zero-order chi connectivity index (χ0) is 13.8. The fraction of sp³-hybridized carbons (Fsp3) is 0.0714. The zero-order valence-electron chi connectivity index (χ0n) is 10.4. The molecule has 0 unspecified atom stereocenters. The van der Waals surface area contributed by atoms with E-state index in [0.29, 0.717) is 22.7 Å². The highest BCUT2D eigenvalue weighted by Crippen LogP contribution is 2.24. The lowest BCUT2D eigenvalue weighted by Crippen LogP contribution is -2.13. The van der Waals surface area contributed by atoms with Crippen molar-refractivity contribution in [3.63, 3.8) is 0 Å². The van der Waals surface area contributed by atoms with Crippen molar-refractivity contribution in [2.75, 3.05) is 18.2 Å². The van der Waals surface area contributed by atoms with Crippen molar-refractivity contribution in [2.24, 2.45) is 0 Å². The molecule has 1 amide bonds. The number of phenols is 1. The molecule has 0 fully saturated rings. The number of carbonyl (C=O) groups excluding carboxylic acids is 1. The first-order valence-electron chi connectivity index (χ1n) is 5.64.